The molecule has 1 amide bonds. The van der Waals surface area contributed by atoms with E-state index in [9.17, 15) is 13.2 Å². The van der Waals surface area contributed by atoms with Gasteiger partial charge in [-0.15, -0.1) is 0 Å². The van der Waals surface area contributed by atoms with E-state index >= 15 is 0 Å². The number of hydrogen-bond donors (Lipinski definition) is 0. The predicted molar refractivity (Wildman–Crippen MR) is 114 cm³/mol. The van der Waals surface area contributed by atoms with Gasteiger partial charge in [0.1, 0.15) is 18.1 Å². The smallest absolute Gasteiger partial charge is 0.243 e. The number of piperidine rings is 1. The number of anilines is 1. The molecule has 2 heterocycles. The van der Waals surface area contributed by atoms with Gasteiger partial charge in [-0.3, -0.25) is 4.79 Å². The third-order valence-corrected chi connectivity index (χ3v) is 7.70. The molecule has 0 aliphatic carbocycles. The lowest BCUT2D eigenvalue weighted by Crippen LogP contribution is -2.46. The number of carbonyl (C=O) groups is 1. The second-order valence-corrected chi connectivity index (χ2v) is 9.55. The quantitative estimate of drug-likeness (QED) is 0.746. The first-order valence-electron chi connectivity index (χ1n) is 10.1. The summed E-state index contributed by atoms with van der Waals surface area (Å²) >= 11 is 0. The van der Waals surface area contributed by atoms with E-state index in [4.69, 9.17) is 9.47 Å². The Labute approximate surface area is 177 Å². The van der Waals surface area contributed by atoms with Crippen molar-refractivity contribution in [3.8, 4) is 11.5 Å². The van der Waals surface area contributed by atoms with Crippen molar-refractivity contribution in [3.63, 3.8) is 0 Å². The standard InChI is InChI=1S/C22H26N2O5S/c1-16-15-18(7-8-20(16)28-2)30(26,27)23-11-9-17(10-12-23)22(25)24-13-14-29-21-6-4-3-5-19(21)24/h3-8,15,17H,9-14H2,1-2H3. The summed E-state index contributed by atoms with van der Waals surface area (Å²) in [6.07, 6.45) is 1.01. The van der Waals surface area contributed by atoms with Gasteiger partial charge in [-0.2, -0.15) is 4.31 Å². The summed E-state index contributed by atoms with van der Waals surface area (Å²) in [6, 6.07) is 12.4. The summed E-state index contributed by atoms with van der Waals surface area (Å²) in [7, 11) is -2.04. The molecule has 0 radical (unpaired) electrons. The van der Waals surface area contributed by atoms with E-state index in [1.807, 2.05) is 31.2 Å². The molecule has 0 N–H and O–H groups in total. The molecular weight excluding hydrogens is 404 g/mol. The average Bonchev–Trinajstić information content (AvgIpc) is 2.78. The topological polar surface area (TPSA) is 76.2 Å². The number of ether oxygens (including phenoxy) is 2. The van der Waals surface area contributed by atoms with Gasteiger partial charge in [0, 0.05) is 19.0 Å². The number of hydrogen-bond acceptors (Lipinski definition) is 5. The van der Waals surface area contributed by atoms with Crippen LogP contribution in [0.4, 0.5) is 5.69 Å². The molecule has 0 spiro atoms. The summed E-state index contributed by atoms with van der Waals surface area (Å²) in [5, 5.41) is 0. The van der Waals surface area contributed by atoms with Gasteiger partial charge in [-0.25, -0.2) is 8.42 Å². The largest absolute Gasteiger partial charge is 0.496 e. The summed E-state index contributed by atoms with van der Waals surface area (Å²) in [4.78, 5) is 15.2. The van der Waals surface area contributed by atoms with Crippen LogP contribution in [0.15, 0.2) is 47.4 Å². The first kappa shape index (κ1) is 20.7. The maximum Gasteiger partial charge on any atom is 0.243 e. The lowest BCUT2D eigenvalue weighted by Gasteiger charge is -2.35. The predicted octanol–water partition coefficient (Wildman–Crippen LogP) is 2.83. The van der Waals surface area contributed by atoms with Crippen molar-refractivity contribution in [2.75, 3.05) is 38.3 Å². The van der Waals surface area contributed by atoms with Gasteiger partial charge in [0.2, 0.25) is 15.9 Å². The Morgan fingerprint density at radius 1 is 1.10 bits per heavy atom. The Kier molecular flexibility index (Phi) is 5.71. The van der Waals surface area contributed by atoms with Crippen LogP contribution in [-0.2, 0) is 14.8 Å². The molecule has 0 aromatic heterocycles. The van der Waals surface area contributed by atoms with Gasteiger partial charge >= 0.3 is 0 Å². The lowest BCUT2D eigenvalue weighted by molar-refractivity contribution is -0.123. The van der Waals surface area contributed by atoms with E-state index < -0.39 is 10.0 Å². The van der Waals surface area contributed by atoms with Crippen LogP contribution in [0.5, 0.6) is 11.5 Å². The van der Waals surface area contributed by atoms with Crippen LogP contribution in [0.3, 0.4) is 0 Å². The highest BCUT2D eigenvalue weighted by atomic mass is 32.2. The number of amides is 1. The molecule has 30 heavy (non-hydrogen) atoms. The van der Waals surface area contributed by atoms with Crippen LogP contribution in [0.25, 0.3) is 0 Å². The van der Waals surface area contributed by atoms with E-state index in [-0.39, 0.29) is 16.7 Å². The van der Waals surface area contributed by atoms with Gasteiger partial charge < -0.3 is 14.4 Å². The van der Waals surface area contributed by atoms with Crippen molar-refractivity contribution in [1.82, 2.24) is 4.31 Å². The van der Waals surface area contributed by atoms with Crippen LogP contribution in [0.1, 0.15) is 18.4 Å². The van der Waals surface area contributed by atoms with Gasteiger partial charge in [0.05, 0.1) is 24.2 Å². The third kappa shape index (κ3) is 3.77. The number of para-hydroxylation sites is 2. The van der Waals surface area contributed by atoms with Crippen molar-refractivity contribution >= 4 is 21.6 Å². The molecule has 0 unspecified atom stereocenters. The van der Waals surface area contributed by atoms with Crippen molar-refractivity contribution in [2.45, 2.75) is 24.7 Å². The van der Waals surface area contributed by atoms with E-state index in [2.05, 4.69) is 0 Å². The van der Waals surface area contributed by atoms with Crippen LogP contribution < -0.4 is 14.4 Å². The fourth-order valence-electron chi connectivity index (χ4n) is 4.12. The molecular formula is C22H26N2O5S. The minimum absolute atomic E-state index is 0.0445. The normalized spacial score (nSPS) is 17.9. The fourth-order valence-corrected chi connectivity index (χ4v) is 5.68. The molecule has 2 aromatic rings. The van der Waals surface area contributed by atoms with Crippen LogP contribution in [-0.4, -0.2) is 52.0 Å². The number of carbonyl (C=O) groups excluding carboxylic acids is 1. The Balaban J connectivity index is 1.45. The van der Waals surface area contributed by atoms with Crippen LogP contribution in [0, 0.1) is 12.8 Å². The van der Waals surface area contributed by atoms with E-state index in [0.29, 0.717) is 50.6 Å². The minimum atomic E-state index is -3.60. The van der Waals surface area contributed by atoms with Gasteiger partial charge in [0.25, 0.3) is 0 Å². The fraction of sp³-hybridized carbons (Fsp3) is 0.409. The van der Waals surface area contributed by atoms with Crippen molar-refractivity contribution in [1.29, 1.82) is 0 Å². The van der Waals surface area contributed by atoms with Crippen LogP contribution >= 0.6 is 0 Å². The average molecular weight is 431 g/mol. The highest BCUT2D eigenvalue weighted by Gasteiger charge is 2.35. The summed E-state index contributed by atoms with van der Waals surface area (Å²) in [5.74, 6) is 1.22. The monoisotopic (exact) mass is 430 g/mol. The Bertz CT molecular complexity index is 1050. The molecule has 8 heteroatoms. The highest BCUT2D eigenvalue weighted by Crippen LogP contribution is 2.34. The first-order chi connectivity index (χ1) is 14.4. The molecule has 2 aromatic carbocycles. The second-order valence-electron chi connectivity index (χ2n) is 7.62. The molecule has 0 saturated carbocycles. The van der Waals surface area contributed by atoms with E-state index in [1.54, 1.807) is 30.2 Å². The van der Waals surface area contributed by atoms with Gasteiger partial charge in [-0.1, -0.05) is 12.1 Å². The van der Waals surface area contributed by atoms with E-state index in [1.165, 1.54) is 4.31 Å². The molecule has 1 fully saturated rings. The zero-order valence-electron chi connectivity index (χ0n) is 17.2. The number of aryl methyl sites for hydroxylation is 1. The Hall–Kier alpha value is -2.58. The number of sulfonamides is 1. The number of rotatable bonds is 4. The SMILES string of the molecule is COc1ccc(S(=O)(=O)N2CCC(C(=O)N3CCOc4ccccc43)CC2)cc1C. The molecule has 4 rings (SSSR count). The minimum Gasteiger partial charge on any atom is -0.496 e. The van der Waals surface area contributed by atoms with Crippen molar-refractivity contribution in [2.24, 2.45) is 5.92 Å². The highest BCUT2D eigenvalue weighted by molar-refractivity contribution is 7.89. The number of methoxy groups -OCH3 is 1. The molecule has 0 bridgehead atoms. The first-order valence-corrected chi connectivity index (χ1v) is 11.5. The maximum absolute atomic E-state index is 13.1. The summed E-state index contributed by atoms with van der Waals surface area (Å²) in [5.41, 5.74) is 1.56. The maximum atomic E-state index is 13.1. The Morgan fingerprint density at radius 3 is 2.53 bits per heavy atom. The molecule has 0 atom stereocenters. The zero-order chi connectivity index (χ0) is 21.3. The molecule has 2 aliphatic heterocycles. The number of benzene rings is 2. The van der Waals surface area contributed by atoms with Crippen molar-refractivity contribution < 1.29 is 22.7 Å². The van der Waals surface area contributed by atoms with Gasteiger partial charge in [0.15, 0.2) is 0 Å². The number of fused-ring (bicyclic) bond motifs is 1. The molecule has 1 saturated heterocycles. The lowest BCUT2D eigenvalue weighted by atomic mass is 9.96. The van der Waals surface area contributed by atoms with Gasteiger partial charge in [-0.05, 0) is 55.7 Å². The van der Waals surface area contributed by atoms with Crippen LogP contribution in [0.2, 0.25) is 0 Å². The summed E-state index contributed by atoms with van der Waals surface area (Å²) < 4.78 is 38.4. The number of nitrogens with zero attached hydrogens (tertiary/aromatic N) is 2. The zero-order valence-corrected chi connectivity index (χ0v) is 18.0. The molecule has 7 nitrogen and oxygen atoms in total. The molecule has 2 aliphatic rings. The molecule has 160 valence electrons. The Morgan fingerprint density at radius 2 is 1.83 bits per heavy atom. The van der Waals surface area contributed by atoms with Crippen molar-refractivity contribution in [3.05, 3.63) is 48.0 Å². The van der Waals surface area contributed by atoms with E-state index in [0.717, 1.165) is 11.3 Å². The second kappa shape index (κ2) is 8.28. The summed E-state index contributed by atoms with van der Waals surface area (Å²) in [6.45, 7) is 3.46. The third-order valence-electron chi connectivity index (χ3n) is 5.80.